The number of amides is 2. The summed E-state index contributed by atoms with van der Waals surface area (Å²) in [6.07, 6.45) is 1.10. The Labute approximate surface area is 205 Å². The summed E-state index contributed by atoms with van der Waals surface area (Å²) in [6.45, 7) is 5.80. The minimum absolute atomic E-state index is 0.0394. The van der Waals surface area contributed by atoms with E-state index < -0.39 is 33.1 Å². The number of hydrogen-bond donors (Lipinski definition) is 2. The van der Waals surface area contributed by atoms with Gasteiger partial charge in [-0.25, -0.2) is 8.42 Å². The van der Waals surface area contributed by atoms with Gasteiger partial charge in [-0.3, -0.25) is 14.3 Å². The van der Waals surface area contributed by atoms with Crippen LogP contribution >= 0.6 is 0 Å². The molecule has 2 N–H and O–H groups in total. The van der Waals surface area contributed by atoms with E-state index in [2.05, 4.69) is 21.8 Å². The zero-order chi connectivity index (χ0) is 25.8. The number of nitrogens with one attached hydrogen (secondary N) is 2. The molecule has 35 heavy (non-hydrogen) atoms. The van der Waals surface area contributed by atoms with E-state index >= 15 is 0 Å². The average molecular weight is 496 g/mol. The normalized spacial score (nSPS) is 12.7. The van der Waals surface area contributed by atoms with E-state index in [-0.39, 0.29) is 18.0 Å². The average Bonchev–Trinajstić information content (AvgIpc) is 3.14. The monoisotopic (exact) mass is 495 g/mol. The molecule has 0 fully saturated rings. The predicted octanol–water partition coefficient (Wildman–Crippen LogP) is 2.26. The maximum atomic E-state index is 13.3. The lowest BCUT2D eigenvalue weighted by atomic mass is 9.86. The van der Waals surface area contributed by atoms with E-state index in [1.807, 2.05) is 51.1 Å². The third-order valence-corrected chi connectivity index (χ3v) is 6.41. The number of para-hydroxylation sites is 1. The second-order valence-corrected chi connectivity index (χ2v) is 11.8. The lowest BCUT2D eigenvalue weighted by Crippen LogP contribution is -2.54. The van der Waals surface area contributed by atoms with Crippen molar-refractivity contribution in [3.8, 4) is 6.07 Å². The highest BCUT2D eigenvalue weighted by molar-refractivity contribution is 7.90. The molecule has 0 radical (unpaired) electrons. The molecule has 1 aromatic heterocycles. The van der Waals surface area contributed by atoms with Crippen LogP contribution in [0.2, 0.25) is 0 Å². The van der Waals surface area contributed by atoms with Gasteiger partial charge >= 0.3 is 0 Å². The first-order chi connectivity index (χ1) is 16.4. The van der Waals surface area contributed by atoms with Crippen LogP contribution in [0, 0.1) is 16.7 Å². The van der Waals surface area contributed by atoms with Crippen molar-refractivity contribution in [2.45, 2.75) is 33.4 Å². The topological polar surface area (TPSA) is 134 Å². The van der Waals surface area contributed by atoms with E-state index in [4.69, 9.17) is 5.26 Å². The first-order valence-corrected chi connectivity index (χ1v) is 13.2. The second-order valence-electron chi connectivity index (χ2n) is 9.53. The summed E-state index contributed by atoms with van der Waals surface area (Å²) in [4.78, 5) is 26.1. The van der Waals surface area contributed by atoms with Crippen LogP contribution in [0.4, 0.5) is 0 Å². The summed E-state index contributed by atoms with van der Waals surface area (Å²) in [7, 11) is -3.23. The Morgan fingerprint density at radius 3 is 2.37 bits per heavy atom. The van der Waals surface area contributed by atoms with E-state index in [1.165, 1.54) is 0 Å². The van der Waals surface area contributed by atoms with Crippen LogP contribution in [0.25, 0.3) is 10.9 Å². The molecular weight excluding hydrogens is 466 g/mol. The Morgan fingerprint density at radius 1 is 1.11 bits per heavy atom. The molecule has 184 valence electrons. The smallest absolute Gasteiger partial charge is 0.273 e. The number of hydrogen-bond acceptors (Lipinski definition) is 6. The van der Waals surface area contributed by atoms with Crippen molar-refractivity contribution in [3.05, 3.63) is 65.4 Å². The number of sulfone groups is 1. The molecule has 0 bridgehead atoms. The van der Waals surface area contributed by atoms with Crippen molar-refractivity contribution in [2.75, 3.05) is 18.6 Å². The first-order valence-electron chi connectivity index (χ1n) is 11.1. The molecule has 9 nitrogen and oxygen atoms in total. The SMILES string of the molecule is CC(C)(C)[C@H](NC(=O)c1nn(Cc2ccc(C#N)cc2)c2ccccc12)C(=O)NCCS(C)(=O)=O. The number of carbonyl (C=O) groups is 2. The number of aromatic nitrogens is 2. The van der Waals surface area contributed by atoms with Gasteiger partial charge in [0.25, 0.3) is 5.91 Å². The fraction of sp³-hybridized carbons (Fsp3) is 0.360. The molecule has 1 heterocycles. The fourth-order valence-electron chi connectivity index (χ4n) is 3.61. The van der Waals surface area contributed by atoms with E-state index in [0.717, 1.165) is 17.3 Å². The molecule has 0 saturated carbocycles. The summed E-state index contributed by atoms with van der Waals surface area (Å²) in [5.41, 5.74) is 1.79. The Hall–Kier alpha value is -3.71. The Morgan fingerprint density at radius 2 is 1.77 bits per heavy atom. The fourth-order valence-corrected chi connectivity index (χ4v) is 4.08. The Balaban J connectivity index is 1.86. The first kappa shape index (κ1) is 25.9. The van der Waals surface area contributed by atoms with Crippen molar-refractivity contribution in [3.63, 3.8) is 0 Å². The maximum Gasteiger partial charge on any atom is 0.273 e. The molecule has 0 aliphatic rings. The van der Waals surface area contributed by atoms with Gasteiger partial charge in [-0.15, -0.1) is 0 Å². The molecule has 3 aromatic rings. The van der Waals surface area contributed by atoms with Crippen LogP contribution in [-0.2, 0) is 21.2 Å². The number of nitriles is 1. The van der Waals surface area contributed by atoms with E-state index in [9.17, 15) is 18.0 Å². The Bertz CT molecular complexity index is 1380. The molecule has 0 aliphatic carbocycles. The predicted molar refractivity (Wildman–Crippen MR) is 133 cm³/mol. The van der Waals surface area contributed by atoms with Gasteiger partial charge in [-0.2, -0.15) is 10.4 Å². The van der Waals surface area contributed by atoms with E-state index in [1.54, 1.807) is 22.9 Å². The van der Waals surface area contributed by atoms with Crippen LogP contribution in [0.5, 0.6) is 0 Å². The van der Waals surface area contributed by atoms with Gasteiger partial charge < -0.3 is 10.6 Å². The van der Waals surface area contributed by atoms with Gasteiger partial charge in [-0.1, -0.05) is 51.1 Å². The Kier molecular flexibility index (Phi) is 7.60. The quantitative estimate of drug-likeness (QED) is 0.492. The van der Waals surface area contributed by atoms with Gasteiger partial charge in [0.15, 0.2) is 5.69 Å². The molecular formula is C25H29N5O4S. The van der Waals surface area contributed by atoms with Gasteiger partial charge in [-0.05, 0) is 29.2 Å². The van der Waals surface area contributed by atoms with Crippen molar-refractivity contribution in [1.29, 1.82) is 5.26 Å². The molecule has 3 rings (SSSR count). The number of rotatable bonds is 8. The highest BCUT2D eigenvalue weighted by atomic mass is 32.2. The summed E-state index contributed by atoms with van der Waals surface area (Å²) < 4.78 is 24.5. The van der Waals surface area contributed by atoms with Crippen LogP contribution < -0.4 is 10.6 Å². The van der Waals surface area contributed by atoms with Crippen LogP contribution in [-0.4, -0.2) is 54.6 Å². The van der Waals surface area contributed by atoms with Crippen molar-refractivity contribution in [2.24, 2.45) is 5.41 Å². The van der Waals surface area contributed by atoms with Gasteiger partial charge in [0, 0.05) is 18.2 Å². The van der Waals surface area contributed by atoms with Crippen LogP contribution in [0.15, 0.2) is 48.5 Å². The second kappa shape index (κ2) is 10.3. The third kappa shape index (κ3) is 6.67. The minimum atomic E-state index is -3.23. The van der Waals surface area contributed by atoms with Gasteiger partial charge in [0.05, 0.1) is 29.4 Å². The number of carbonyl (C=O) groups excluding carboxylic acids is 2. The van der Waals surface area contributed by atoms with Gasteiger partial charge in [0.2, 0.25) is 5.91 Å². The maximum absolute atomic E-state index is 13.3. The summed E-state index contributed by atoms with van der Waals surface area (Å²) >= 11 is 0. The third-order valence-electron chi connectivity index (χ3n) is 5.46. The van der Waals surface area contributed by atoms with E-state index in [0.29, 0.717) is 17.5 Å². The number of fused-ring (bicyclic) bond motifs is 1. The zero-order valence-electron chi connectivity index (χ0n) is 20.2. The largest absolute Gasteiger partial charge is 0.353 e. The van der Waals surface area contributed by atoms with Crippen LogP contribution in [0.3, 0.4) is 0 Å². The zero-order valence-corrected chi connectivity index (χ0v) is 21.0. The van der Waals surface area contributed by atoms with Gasteiger partial charge in [0.1, 0.15) is 15.9 Å². The molecule has 10 heteroatoms. The van der Waals surface area contributed by atoms with Crippen molar-refractivity contribution >= 4 is 32.6 Å². The molecule has 0 unspecified atom stereocenters. The minimum Gasteiger partial charge on any atom is -0.353 e. The highest BCUT2D eigenvalue weighted by Crippen LogP contribution is 2.23. The van der Waals surface area contributed by atoms with Crippen molar-refractivity contribution in [1.82, 2.24) is 20.4 Å². The standard InChI is InChI=1S/C25H29N5O4S/c1-25(2,3)22(24(32)27-13-14-35(4,33)34)28-23(31)21-19-7-5-6-8-20(19)30(29-21)16-18-11-9-17(15-26)10-12-18/h5-12,22H,13-14,16H2,1-4H3,(H,27,32)(H,28,31)/t22-/m1/s1. The highest BCUT2D eigenvalue weighted by Gasteiger charge is 2.34. The molecule has 1 atom stereocenters. The molecule has 2 amide bonds. The summed E-state index contributed by atoms with van der Waals surface area (Å²) in [5.74, 6) is -1.15. The number of benzene rings is 2. The van der Waals surface area contributed by atoms with Crippen molar-refractivity contribution < 1.29 is 18.0 Å². The summed E-state index contributed by atoms with van der Waals surface area (Å²) in [5, 5.41) is 19.6. The van der Waals surface area contributed by atoms with Crippen LogP contribution in [0.1, 0.15) is 42.4 Å². The number of nitrogens with zero attached hydrogens (tertiary/aromatic N) is 3. The summed E-state index contributed by atoms with van der Waals surface area (Å²) in [6, 6.07) is 15.6. The lowest BCUT2D eigenvalue weighted by molar-refractivity contribution is -0.125. The molecule has 0 aliphatic heterocycles. The lowest BCUT2D eigenvalue weighted by Gasteiger charge is -2.30. The molecule has 2 aromatic carbocycles. The molecule has 0 spiro atoms. The molecule has 0 saturated heterocycles.